The summed E-state index contributed by atoms with van der Waals surface area (Å²) in [7, 11) is 1.17. The molecule has 1 aliphatic carbocycles. The van der Waals surface area contributed by atoms with Gasteiger partial charge in [0.05, 0.1) is 6.61 Å². The van der Waals surface area contributed by atoms with Gasteiger partial charge in [-0.15, -0.1) is 0 Å². The molecule has 3 nitrogen and oxygen atoms in total. The van der Waals surface area contributed by atoms with Crippen LogP contribution in [0.15, 0.2) is 0 Å². The van der Waals surface area contributed by atoms with Crippen molar-refractivity contribution in [2.24, 2.45) is 5.41 Å². The highest BCUT2D eigenvalue weighted by molar-refractivity contribution is 8.09. The molecule has 0 radical (unpaired) electrons. The van der Waals surface area contributed by atoms with Crippen LogP contribution in [0.1, 0.15) is 39.0 Å². The molecule has 0 heterocycles. The molecule has 0 amide bonds. The van der Waals surface area contributed by atoms with Crippen LogP contribution in [0.5, 0.6) is 0 Å². The molecule has 0 N–H and O–H groups in total. The Balaban J connectivity index is 2.42. The number of hydrogen-bond donors (Lipinski definition) is 0. The van der Waals surface area contributed by atoms with Crippen LogP contribution in [-0.2, 0) is 13.5 Å². The first-order chi connectivity index (χ1) is 5.91. The van der Waals surface area contributed by atoms with Crippen LogP contribution >= 0.6 is 10.7 Å². The second kappa shape index (κ2) is 4.15. The molecule has 1 fully saturated rings. The minimum Gasteiger partial charge on any atom is -0.257 e. The first-order valence-corrected chi connectivity index (χ1v) is 6.74. The van der Waals surface area contributed by atoms with E-state index >= 15 is 0 Å². The Kier molecular flexibility index (Phi) is 3.60. The average molecular weight is 227 g/mol. The van der Waals surface area contributed by atoms with Crippen LogP contribution in [0.25, 0.3) is 0 Å². The maximum atomic E-state index is 10.6. The normalized spacial score (nSPS) is 22.9. The molecule has 0 unspecified atom stereocenters. The fourth-order valence-corrected chi connectivity index (χ4v) is 2.32. The first kappa shape index (κ1) is 11.3. The quantitative estimate of drug-likeness (QED) is 0.695. The number of rotatable bonds is 3. The summed E-state index contributed by atoms with van der Waals surface area (Å²) in [5, 5.41) is 0. The van der Waals surface area contributed by atoms with Gasteiger partial charge in [-0.05, 0) is 18.3 Å². The lowest BCUT2D eigenvalue weighted by atomic mass is 9.76. The van der Waals surface area contributed by atoms with Gasteiger partial charge in [0, 0.05) is 10.7 Å². The minimum atomic E-state index is -3.79. The Morgan fingerprint density at radius 2 is 1.85 bits per heavy atom. The van der Waals surface area contributed by atoms with Crippen LogP contribution in [-0.4, -0.2) is 15.0 Å². The van der Waals surface area contributed by atoms with Crippen LogP contribution in [0.2, 0.25) is 0 Å². The van der Waals surface area contributed by atoms with Crippen LogP contribution in [0.3, 0.4) is 0 Å². The van der Waals surface area contributed by atoms with Gasteiger partial charge >= 0.3 is 9.33 Å². The summed E-state index contributed by atoms with van der Waals surface area (Å²) in [5.41, 5.74) is 0.000208. The maximum absolute atomic E-state index is 10.6. The molecule has 13 heavy (non-hydrogen) atoms. The van der Waals surface area contributed by atoms with E-state index in [4.69, 9.17) is 10.7 Å². The topological polar surface area (TPSA) is 43.4 Å². The van der Waals surface area contributed by atoms with Crippen molar-refractivity contribution in [1.82, 2.24) is 0 Å². The third-order valence-electron chi connectivity index (χ3n) is 2.61. The summed E-state index contributed by atoms with van der Waals surface area (Å²) in [6.07, 6.45) is 5.60. The van der Waals surface area contributed by atoms with Crippen molar-refractivity contribution in [2.75, 3.05) is 6.61 Å². The van der Waals surface area contributed by atoms with Gasteiger partial charge in [0.1, 0.15) is 0 Å². The molecule has 1 rings (SSSR count). The molecular weight excluding hydrogens is 212 g/mol. The lowest BCUT2D eigenvalue weighted by molar-refractivity contribution is 0.122. The Labute approximate surface area is 84.0 Å². The molecule has 0 aromatic carbocycles. The van der Waals surface area contributed by atoms with Gasteiger partial charge < -0.3 is 0 Å². The van der Waals surface area contributed by atoms with Crippen LogP contribution < -0.4 is 0 Å². The molecule has 1 saturated carbocycles. The summed E-state index contributed by atoms with van der Waals surface area (Å²) >= 11 is 0. The monoisotopic (exact) mass is 226 g/mol. The smallest absolute Gasteiger partial charge is 0.257 e. The second-order valence-corrected chi connectivity index (χ2v) is 6.18. The minimum absolute atomic E-state index is 0.000208. The predicted octanol–water partition coefficient (Wildman–Crippen LogP) is 2.46. The predicted molar refractivity (Wildman–Crippen MR) is 51.9 cm³/mol. The zero-order chi connectivity index (χ0) is 9.95. The summed E-state index contributed by atoms with van der Waals surface area (Å²) in [6, 6.07) is 0. The van der Waals surface area contributed by atoms with Crippen molar-refractivity contribution < 1.29 is 12.6 Å². The standard InChI is InChI=1S/C8H15ClO3S/c1-8(5-3-2-4-6-8)7-12-13(9,10)11/h2-7H2,1H3. The molecule has 0 saturated heterocycles. The van der Waals surface area contributed by atoms with Gasteiger partial charge in [-0.1, -0.05) is 26.2 Å². The van der Waals surface area contributed by atoms with Crippen LogP contribution in [0, 0.1) is 5.41 Å². The molecule has 0 spiro atoms. The molecule has 0 aliphatic heterocycles. The second-order valence-electron chi connectivity index (χ2n) is 4.03. The van der Waals surface area contributed by atoms with E-state index in [0.717, 1.165) is 25.7 Å². The Bertz CT molecular complexity index is 255. The Morgan fingerprint density at radius 1 is 1.31 bits per heavy atom. The lowest BCUT2D eigenvalue weighted by Crippen LogP contribution is -2.26. The molecule has 1 aliphatic rings. The van der Waals surface area contributed by atoms with Crippen molar-refractivity contribution in [3.05, 3.63) is 0 Å². The maximum Gasteiger partial charge on any atom is 0.355 e. The van der Waals surface area contributed by atoms with E-state index in [2.05, 4.69) is 4.18 Å². The van der Waals surface area contributed by atoms with Gasteiger partial charge in [0.25, 0.3) is 0 Å². The fraction of sp³-hybridized carbons (Fsp3) is 1.00. The van der Waals surface area contributed by atoms with E-state index in [-0.39, 0.29) is 12.0 Å². The third kappa shape index (κ3) is 4.29. The highest BCUT2D eigenvalue weighted by atomic mass is 35.7. The number of hydrogen-bond acceptors (Lipinski definition) is 3. The first-order valence-electron chi connectivity index (χ1n) is 4.50. The molecule has 0 aromatic heterocycles. The SMILES string of the molecule is CC1(COS(=O)(=O)Cl)CCCCC1. The zero-order valence-corrected chi connectivity index (χ0v) is 9.33. The summed E-state index contributed by atoms with van der Waals surface area (Å²) in [4.78, 5) is 0. The van der Waals surface area contributed by atoms with Gasteiger partial charge in [0.15, 0.2) is 0 Å². The largest absolute Gasteiger partial charge is 0.355 e. The van der Waals surface area contributed by atoms with Crippen molar-refractivity contribution >= 4 is 20.0 Å². The van der Waals surface area contributed by atoms with Crippen molar-refractivity contribution in [3.63, 3.8) is 0 Å². The van der Waals surface area contributed by atoms with E-state index in [9.17, 15) is 8.42 Å². The van der Waals surface area contributed by atoms with Gasteiger partial charge in [0.2, 0.25) is 0 Å². The van der Waals surface area contributed by atoms with Crippen molar-refractivity contribution in [3.8, 4) is 0 Å². The average Bonchev–Trinajstić information content (AvgIpc) is 2.02. The van der Waals surface area contributed by atoms with Gasteiger partial charge in [-0.25, -0.2) is 0 Å². The van der Waals surface area contributed by atoms with E-state index in [1.165, 1.54) is 6.42 Å². The molecule has 0 atom stereocenters. The summed E-state index contributed by atoms with van der Waals surface area (Å²) in [5.74, 6) is 0. The Hall–Kier alpha value is 0.200. The fourth-order valence-electron chi connectivity index (χ4n) is 1.76. The third-order valence-corrected chi connectivity index (χ3v) is 3.28. The highest BCUT2D eigenvalue weighted by Gasteiger charge is 2.28. The molecule has 0 bridgehead atoms. The van der Waals surface area contributed by atoms with E-state index in [1.54, 1.807) is 0 Å². The number of halogens is 1. The van der Waals surface area contributed by atoms with E-state index < -0.39 is 9.33 Å². The van der Waals surface area contributed by atoms with Crippen molar-refractivity contribution in [2.45, 2.75) is 39.0 Å². The van der Waals surface area contributed by atoms with Crippen LogP contribution in [0.4, 0.5) is 0 Å². The van der Waals surface area contributed by atoms with E-state index in [1.807, 2.05) is 6.92 Å². The van der Waals surface area contributed by atoms with Crippen molar-refractivity contribution in [1.29, 1.82) is 0 Å². The van der Waals surface area contributed by atoms with Gasteiger partial charge in [-0.2, -0.15) is 8.42 Å². The molecule has 0 aromatic rings. The lowest BCUT2D eigenvalue weighted by Gasteiger charge is -2.32. The Morgan fingerprint density at radius 3 is 2.31 bits per heavy atom. The highest BCUT2D eigenvalue weighted by Crippen LogP contribution is 2.36. The van der Waals surface area contributed by atoms with Gasteiger partial charge in [-0.3, -0.25) is 4.18 Å². The molecule has 78 valence electrons. The van der Waals surface area contributed by atoms with E-state index in [0.29, 0.717) is 0 Å². The molecular formula is C8H15ClO3S. The zero-order valence-electron chi connectivity index (χ0n) is 7.75. The molecule has 5 heteroatoms. The summed E-state index contributed by atoms with van der Waals surface area (Å²) in [6.45, 7) is 2.27. The summed E-state index contributed by atoms with van der Waals surface area (Å²) < 4.78 is 25.7.